The lowest BCUT2D eigenvalue weighted by atomic mass is 10.2. The highest BCUT2D eigenvalue weighted by Gasteiger charge is 2.16. The van der Waals surface area contributed by atoms with Gasteiger partial charge in [0.2, 0.25) is 0 Å². The number of carboxylic acids is 1. The quantitative estimate of drug-likeness (QED) is 0.901. The maximum absolute atomic E-state index is 11.8. The number of hydrogen-bond acceptors (Lipinski definition) is 4. The summed E-state index contributed by atoms with van der Waals surface area (Å²) in [6.45, 7) is 1.75. The maximum atomic E-state index is 11.8. The summed E-state index contributed by atoms with van der Waals surface area (Å²) in [5, 5.41) is 13.3. The van der Waals surface area contributed by atoms with Gasteiger partial charge in [-0.15, -0.1) is 0 Å². The molecule has 7 heteroatoms. The SMILES string of the molecule is Cc1cc(-n2ccc(C(=O)N(C)C)n2)c(C(=O)O)cn1. The van der Waals surface area contributed by atoms with Crippen molar-refractivity contribution in [2.75, 3.05) is 14.1 Å². The van der Waals surface area contributed by atoms with E-state index in [1.54, 1.807) is 39.3 Å². The number of amides is 1. The molecule has 0 atom stereocenters. The fraction of sp³-hybridized carbons (Fsp3) is 0.231. The number of hydrogen-bond donors (Lipinski definition) is 1. The molecule has 0 spiro atoms. The van der Waals surface area contributed by atoms with Gasteiger partial charge in [0.25, 0.3) is 5.91 Å². The van der Waals surface area contributed by atoms with E-state index in [1.165, 1.54) is 15.8 Å². The molecule has 1 amide bonds. The lowest BCUT2D eigenvalue weighted by molar-refractivity contribution is 0.0696. The highest BCUT2D eigenvalue weighted by atomic mass is 16.4. The van der Waals surface area contributed by atoms with Gasteiger partial charge in [-0.2, -0.15) is 5.10 Å². The van der Waals surface area contributed by atoms with Gasteiger partial charge in [-0.1, -0.05) is 0 Å². The summed E-state index contributed by atoms with van der Waals surface area (Å²) in [5.41, 5.74) is 1.33. The number of aromatic carboxylic acids is 1. The summed E-state index contributed by atoms with van der Waals surface area (Å²) in [7, 11) is 3.25. The van der Waals surface area contributed by atoms with Crippen LogP contribution in [0.4, 0.5) is 0 Å². The van der Waals surface area contributed by atoms with Gasteiger partial charge in [0.1, 0.15) is 5.56 Å². The predicted molar refractivity (Wildman–Crippen MR) is 71.1 cm³/mol. The highest BCUT2D eigenvalue weighted by Crippen LogP contribution is 2.15. The van der Waals surface area contributed by atoms with E-state index in [-0.39, 0.29) is 17.2 Å². The largest absolute Gasteiger partial charge is 0.478 e. The number of aryl methyl sites for hydroxylation is 1. The molecular formula is C13H14N4O3. The van der Waals surface area contributed by atoms with Crippen LogP contribution in [0.25, 0.3) is 5.69 Å². The number of rotatable bonds is 3. The van der Waals surface area contributed by atoms with E-state index in [2.05, 4.69) is 10.1 Å². The Balaban J connectivity index is 2.50. The van der Waals surface area contributed by atoms with Crippen molar-refractivity contribution in [1.82, 2.24) is 19.7 Å². The third-order valence-corrected chi connectivity index (χ3v) is 2.71. The second-order valence-corrected chi connectivity index (χ2v) is 4.49. The van der Waals surface area contributed by atoms with Crippen LogP contribution in [-0.4, -0.2) is 50.7 Å². The van der Waals surface area contributed by atoms with Crippen molar-refractivity contribution in [3.63, 3.8) is 0 Å². The molecule has 1 N–H and O–H groups in total. The van der Waals surface area contributed by atoms with Crippen molar-refractivity contribution >= 4 is 11.9 Å². The second-order valence-electron chi connectivity index (χ2n) is 4.49. The zero-order chi connectivity index (χ0) is 14.9. The topological polar surface area (TPSA) is 88.3 Å². The van der Waals surface area contributed by atoms with Gasteiger partial charge in [0, 0.05) is 32.2 Å². The summed E-state index contributed by atoms with van der Waals surface area (Å²) < 4.78 is 1.37. The predicted octanol–water partition coefficient (Wildman–Crippen LogP) is 0.976. The maximum Gasteiger partial charge on any atom is 0.339 e. The standard InChI is InChI=1S/C13H14N4O3/c1-8-6-11(9(7-14-8)13(19)20)17-5-4-10(15-17)12(18)16(2)3/h4-7H,1-3H3,(H,19,20). The van der Waals surface area contributed by atoms with E-state index in [0.29, 0.717) is 11.4 Å². The Bertz CT molecular complexity index is 676. The van der Waals surface area contributed by atoms with Crippen LogP contribution < -0.4 is 0 Å². The van der Waals surface area contributed by atoms with E-state index in [1.807, 2.05) is 0 Å². The molecule has 0 aliphatic rings. The third-order valence-electron chi connectivity index (χ3n) is 2.71. The number of aromatic nitrogens is 3. The molecular weight excluding hydrogens is 260 g/mol. The third kappa shape index (κ3) is 2.51. The Hall–Kier alpha value is -2.70. The number of nitrogens with zero attached hydrogens (tertiary/aromatic N) is 4. The first-order valence-corrected chi connectivity index (χ1v) is 5.88. The molecule has 0 saturated heterocycles. The molecule has 0 radical (unpaired) electrons. The Kier molecular flexibility index (Phi) is 3.51. The first-order valence-electron chi connectivity index (χ1n) is 5.88. The van der Waals surface area contributed by atoms with Gasteiger partial charge in [0.05, 0.1) is 5.69 Å². The number of carbonyl (C=O) groups is 2. The van der Waals surface area contributed by atoms with Crippen LogP contribution in [0, 0.1) is 6.92 Å². The van der Waals surface area contributed by atoms with Crippen molar-refractivity contribution in [2.45, 2.75) is 6.92 Å². The van der Waals surface area contributed by atoms with Crippen LogP contribution in [0.5, 0.6) is 0 Å². The molecule has 2 rings (SSSR count). The van der Waals surface area contributed by atoms with E-state index in [4.69, 9.17) is 5.11 Å². The van der Waals surface area contributed by atoms with Gasteiger partial charge in [-0.25, -0.2) is 9.48 Å². The molecule has 20 heavy (non-hydrogen) atoms. The van der Waals surface area contributed by atoms with Gasteiger partial charge in [-0.05, 0) is 19.1 Å². The lowest BCUT2D eigenvalue weighted by Gasteiger charge is -2.08. The first kappa shape index (κ1) is 13.7. The minimum atomic E-state index is -1.09. The van der Waals surface area contributed by atoms with Crippen LogP contribution >= 0.6 is 0 Å². The van der Waals surface area contributed by atoms with Crippen LogP contribution in [0.15, 0.2) is 24.5 Å². The lowest BCUT2D eigenvalue weighted by Crippen LogP contribution is -2.22. The van der Waals surface area contributed by atoms with Gasteiger partial charge in [-0.3, -0.25) is 9.78 Å². The van der Waals surface area contributed by atoms with Gasteiger partial charge >= 0.3 is 5.97 Å². The fourth-order valence-electron chi connectivity index (χ4n) is 1.70. The van der Waals surface area contributed by atoms with E-state index in [0.717, 1.165) is 0 Å². The fourth-order valence-corrected chi connectivity index (χ4v) is 1.70. The Morgan fingerprint density at radius 1 is 1.35 bits per heavy atom. The van der Waals surface area contributed by atoms with Crippen molar-refractivity contribution in [3.05, 3.63) is 41.5 Å². The molecule has 2 aromatic rings. The second kappa shape index (κ2) is 5.12. The molecule has 7 nitrogen and oxygen atoms in total. The molecule has 0 fully saturated rings. The zero-order valence-corrected chi connectivity index (χ0v) is 11.4. The van der Waals surface area contributed by atoms with Gasteiger partial charge in [0.15, 0.2) is 5.69 Å². The highest BCUT2D eigenvalue weighted by molar-refractivity contribution is 5.93. The van der Waals surface area contributed by atoms with Crippen molar-refractivity contribution in [1.29, 1.82) is 0 Å². The summed E-state index contributed by atoms with van der Waals surface area (Å²) in [6.07, 6.45) is 2.83. The van der Waals surface area contributed by atoms with Crippen molar-refractivity contribution in [2.24, 2.45) is 0 Å². The van der Waals surface area contributed by atoms with Crippen LogP contribution in [0.1, 0.15) is 26.5 Å². The number of pyridine rings is 1. The van der Waals surface area contributed by atoms with Crippen molar-refractivity contribution < 1.29 is 14.7 Å². The molecule has 0 unspecified atom stereocenters. The summed E-state index contributed by atoms with van der Waals surface area (Å²) in [5.74, 6) is -1.34. The normalized spacial score (nSPS) is 10.3. The van der Waals surface area contributed by atoms with Crippen LogP contribution in [0.3, 0.4) is 0 Å². The summed E-state index contributed by atoms with van der Waals surface area (Å²) >= 11 is 0. The molecule has 0 bridgehead atoms. The molecule has 0 aliphatic carbocycles. The molecule has 2 heterocycles. The Morgan fingerprint density at radius 3 is 2.65 bits per heavy atom. The molecule has 0 aliphatic heterocycles. The first-order chi connectivity index (χ1) is 9.40. The number of carbonyl (C=O) groups excluding carboxylic acids is 1. The van der Waals surface area contributed by atoms with Crippen LogP contribution in [-0.2, 0) is 0 Å². The Morgan fingerprint density at radius 2 is 2.05 bits per heavy atom. The molecule has 0 aromatic carbocycles. The van der Waals surface area contributed by atoms with Gasteiger partial charge < -0.3 is 10.0 Å². The Labute approximate surface area is 115 Å². The van der Waals surface area contributed by atoms with E-state index in [9.17, 15) is 9.59 Å². The minimum Gasteiger partial charge on any atom is -0.478 e. The molecule has 0 saturated carbocycles. The zero-order valence-electron chi connectivity index (χ0n) is 11.4. The van der Waals surface area contributed by atoms with Crippen LogP contribution in [0.2, 0.25) is 0 Å². The smallest absolute Gasteiger partial charge is 0.339 e. The van der Waals surface area contributed by atoms with E-state index >= 15 is 0 Å². The van der Waals surface area contributed by atoms with Crippen molar-refractivity contribution in [3.8, 4) is 5.69 Å². The monoisotopic (exact) mass is 274 g/mol. The summed E-state index contributed by atoms with van der Waals surface area (Å²) in [4.78, 5) is 28.4. The average Bonchev–Trinajstić information content (AvgIpc) is 2.86. The molecule has 104 valence electrons. The molecule has 2 aromatic heterocycles. The summed E-state index contributed by atoms with van der Waals surface area (Å²) in [6, 6.07) is 3.16. The average molecular weight is 274 g/mol. The van der Waals surface area contributed by atoms with E-state index < -0.39 is 5.97 Å². The minimum absolute atomic E-state index is 0.0301. The number of carboxylic acid groups (broad SMARTS) is 1.